The minimum atomic E-state index is 0.450. The molecule has 0 saturated carbocycles. The predicted molar refractivity (Wildman–Crippen MR) is 70.1 cm³/mol. The molecule has 2 rings (SSSR count). The molecule has 1 aromatic carbocycles. The number of pyridine rings is 1. The third kappa shape index (κ3) is 3.11. The maximum Gasteiger partial charge on any atom is 0.222 e. The lowest BCUT2D eigenvalue weighted by Crippen LogP contribution is -1.92. The lowest BCUT2D eigenvalue weighted by Gasteiger charge is -2.08. The third-order valence-corrected chi connectivity index (χ3v) is 2.80. The van der Waals surface area contributed by atoms with Crippen LogP contribution in [0.3, 0.4) is 0 Å². The summed E-state index contributed by atoms with van der Waals surface area (Å²) in [6.07, 6.45) is 1.71. The molecule has 0 spiro atoms. The smallest absolute Gasteiger partial charge is 0.222 e. The Bertz CT molecular complexity index is 529. The van der Waals surface area contributed by atoms with Crippen LogP contribution in [0.5, 0.6) is 11.6 Å². The fourth-order valence-electron chi connectivity index (χ4n) is 1.44. The summed E-state index contributed by atoms with van der Waals surface area (Å²) >= 11 is 11.6. The number of hydrogen-bond acceptors (Lipinski definition) is 2. The quantitative estimate of drug-likeness (QED) is 0.760. The van der Waals surface area contributed by atoms with Crippen molar-refractivity contribution < 1.29 is 4.74 Å². The van der Waals surface area contributed by atoms with E-state index >= 15 is 0 Å². The van der Waals surface area contributed by atoms with Crippen LogP contribution in [0, 0.1) is 6.92 Å². The van der Waals surface area contributed by atoms with Crippen molar-refractivity contribution in [1.29, 1.82) is 0 Å². The van der Waals surface area contributed by atoms with Gasteiger partial charge in [-0.05, 0) is 36.8 Å². The highest BCUT2D eigenvalue weighted by molar-refractivity contribution is 6.30. The van der Waals surface area contributed by atoms with Crippen LogP contribution in [0.4, 0.5) is 0 Å². The average Bonchev–Trinajstić information content (AvgIpc) is 2.32. The van der Waals surface area contributed by atoms with Gasteiger partial charge in [0.2, 0.25) is 5.88 Å². The van der Waals surface area contributed by atoms with Gasteiger partial charge in [0.15, 0.2) is 0 Å². The zero-order chi connectivity index (χ0) is 12.3. The van der Waals surface area contributed by atoms with Crippen molar-refractivity contribution in [1.82, 2.24) is 4.98 Å². The molecular weight excluding hydrogens is 257 g/mol. The normalized spacial score (nSPS) is 10.3. The predicted octanol–water partition coefficient (Wildman–Crippen LogP) is 4.57. The molecule has 88 valence electrons. The first-order chi connectivity index (χ1) is 8.19. The topological polar surface area (TPSA) is 22.1 Å². The van der Waals surface area contributed by atoms with Crippen LogP contribution in [0.2, 0.25) is 5.02 Å². The molecule has 0 atom stereocenters. The van der Waals surface area contributed by atoms with E-state index in [2.05, 4.69) is 4.98 Å². The van der Waals surface area contributed by atoms with Crippen LogP contribution in [0.25, 0.3) is 0 Å². The van der Waals surface area contributed by atoms with Crippen molar-refractivity contribution in [3.63, 3.8) is 0 Å². The highest BCUT2D eigenvalue weighted by Crippen LogP contribution is 2.25. The maximum absolute atomic E-state index is 5.88. The molecule has 1 aromatic heterocycles. The van der Waals surface area contributed by atoms with Crippen LogP contribution < -0.4 is 4.74 Å². The Hall–Kier alpha value is -1.25. The van der Waals surface area contributed by atoms with Gasteiger partial charge < -0.3 is 4.74 Å². The second kappa shape index (κ2) is 5.39. The van der Waals surface area contributed by atoms with Gasteiger partial charge in [-0.1, -0.05) is 17.7 Å². The molecule has 0 bridgehead atoms. The first kappa shape index (κ1) is 12.2. The van der Waals surface area contributed by atoms with E-state index in [1.807, 2.05) is 25.1 Å². The Labute approximate surface area is 110 Å². The molecular formula is C13H11Cl2NO. The van der Waals surface area contributed by atoms with Crippen molar-refractivity contribution >= 4 is 23.2 Å². The standard InChI is InChI=1S/C13H11Cl2NO/c1-9-5-10(7-14)8-16-13(9)17-12-4-2-3-11(15)6-12/h2-6,8H,7H2,1H3. The third-order valence-electron chi connectivity index (χ3n) is 2.25. The summed E-state index contributed by atoms with van der Waals surface area (Å²) in [5.41, 5.74) is 1.92. The fourth-order valence-corrected chi connectivity index (χ4v) is 1.77. The van der Waals surface area contributed by atoms with Crippen molar-refractivity contribution in [2.75, 3.05) is 0 Å². The number of aryl methyl sites for hydroxylation is 1. The van der Waals surface area contributed by atoms with Crippen molar-refractivity contribution in [2.45, 2.75) is 12.8 Å². The van der Waals surface area contributed by atoms with Gasteiger partial charge in [-0.25, -0.2) is 4.98 Å². The van der Waals surface area contributed by atoms with Crippen LogP contribution in [-0.2, 0) is 5.88 Å². The van der Waals surface area contributed by atoms with Gasteiger partial charge in [0.25, 0.3) is 0 Å². The Morgan fingerprint density at radius 3 is 2.76 bits per heavy atom. The highest BCUT2D eigenvalue weighted by atomic mass is 35.5. The Balaban J connectivity index is 2.24. The molecule has 0 N–H and O–H groups in total. The van der Waals surface area contributed by atoms with Gasteiger partial charge >= 0.3 is 0 Å². The van der Waals surface area contributed by atoms with E-state index in [9.17, 15) is 0 Å². The number of alkyl halides is 1. The average molecular weight is 268 g/mol. The molecule has 0 aliphatic carbocycles. The number of ether oxygens (including phenoxy) is 1. The number of aromatic nitrogens is 1. The molecule has 0 radical (unpaired) electrons. The van der Waals surface area contributed by atoms with Crippen LogP contribution in [0.15, 0.2) is 36.5 Å². The van der Waals surface area contributed by atoms with Crippen LogP contribution >= 0.6 is 23.2 Å². The van der Waals surface area contributed by atoms with Gasteiger partial charge in [-0.15, -0.1) is 11.6 Å². The van der Waals surface area contributed by atoms with Crippen molar-refractivity contribution in [3.8, 4) is 11.6 Å². The molecule has 0 amide bonds. The molecule has 0 saturated heterocycles. The lowest BCUT2D eigenvalue weighted by atomic mass is 10.2. The van der Waals surface area contributed by atoms with E-state index in [1.165, 1.54) is 0 Å². The zero-order valence-corrected chi connectivity index (χ0v) is 10.8. The Kier molecular flexibility index (Phi) is 3.87. The number of hydrogen-bond donors (Lipinski definition) is 0. The SMILES string of the molecule is Cc1cc(CCl)cnc1Oc1cccc(Cl)c1. The van der Waals surface area contributed by atoms with E-state index in [1.54, 1.807) is 18.3 Å². The molecule has 1 heterocycles. The zero-order valence-electron chi connectivity index (χ0n) is 9.28. The summed E-state index contributed by atoms with van der Waals surface area (Å²) in [4.78, 5) is 4.22. The van der Waals surface area contributed by atoms with E-state index in [-0.39, 0.29) is 0 Å². The Morgan fingerprint density at radius 2 is 2.12 bits per heavy atom. The highest BCUT2D eigenvalue weighted by Gasteiger charge is 2.04. The number of rotatable bonds is 3. The molecule has 4 heteroatoms. The molecule has 2 nitrogen and oxygen atoms in total. The van der Waals surface area contributed by atoms with Crippen molar-refractivity contribution in [3.05, 3.63) is 52.7 Å². The molecule has 17 heavy (non-hydrogen) atoms. The summed E-state index contributed by atoms with van der Waals surface area (Å²) in [6, 6.07) is 9.17. The van der Waals surface area contributed by atoms with E-state index < -0.39 is 0 Å². The maximum atomic E-state index is 5.88. The van der Waals surface area contributed by atoms with Gasteiger partial charge in [-0.2, -0.15) is 0 Å². The van der Waals surface area contributed by atoms with Crippen LogP contribution in [0.1, 0.15) is 11.1 Å². The molecule has 0 aliphatic rings. The van der Waals surface area contributed by atoms with E-state index in [4.69, 9.17) is 27.9 Å². The summed E-state index contributed by atoms with van der Waals surface area (Å²) < 4.78 is 5.65. The monoisotopic (exact) mass is 267 g/mol. The van der Waals surface area contributed by atoms with Crippen molar-refractivity contribution in [2.24, 2.45) is 0 Å². The summed E-state index contributed by atoms with van der Waals surface area (Å²) in [6.45, 7) is 1.93. The number of halogens is 2. The van der Waals surface area contributed by atoms with E-state index in [0.29, 0.717) is 22.5 Å². The Morgan fingerprint density at radius 1 is 1.29 bits per heavy atom. The molecule has 2 aromatic rings. The minimum Gasteiger partial charge on any atom is -0.439 e. The van der Waals surface area contributed by atoms with Crippen LogP contribution in [-0.4, -0.2) is 4.98 Å². The van der Waals surface area contributed by atoms with Gasteiger partial charge in [0, 0.05) is 22.7 Å². The second-order valence-electron chi connectivity index (χ2n) is 3.66. The first-order valence-corrected chi connectivity index (χ1v) is 6.05. The van der Waals surface area contributed by atoms with Gasteiger partial charge in [0.05, 0.1) is 0 Å². The molecule has 0 fully saturated rings. The van der Waals surface area contributed by atoms with Gasteiger partial charge in [0.1, 0.15) is 5.75 Å². The largest absolute Gasteiger partial charge is 0.439 e. The number of nitrogens with zero attached hydrogens (tertiary/aromatic N) is 1. The lowest BCUT2D eigenvalue weighted by molar-refractivity contribution is 0.458. The second-order valence-corrected chi connectivity index (χ2v) is 4.36. The van der Waals surface area contributed by atoms with Gasteiger partial charge in [-0.3, -0.25) is 0 Å². The molecule has 0 unspecified atom stereocenters. The van der Waals surface area contributed by atoms with E-state index in [0.717, 1.165) is 11.1 Å². The molecule has 0 aliphatic heterocycles. The summed E-state index contributed by atoms with van der Waals surface area (Å²) in [5.74, 6) is 1.69. The summed E-state index contributed by atoms with van der Waals surface area (Å²) in [7, 11) is 0. The fraction of sp³-hybridized carbons (Fsp3) is 0.154. The minimum absolute atomic E-state index is 0.450. The summed E-state index contributed by atoms with van der Waals surface area (Å²) in [5, 5.41) is 0.637. The first-order valence-electron chi connectivity index (χ1n) is 5.14. The number of benzene rings is 1.